The summed E-state index contributed by atoms with van der Waals surface area (Å²) in [5.41, 5.74) is 6.12. The number of hydrogen-bond acceptors (Lipinski definition) is 7. The van der Waals surface area contributed by atoms with Crippen molar-refractivity contribution < 1.29 is 9.90 Å². The first-order valence-electron chi connectivity index (χ1n) is 13.4. The Kier molecular flexibility index (Phi) is 6.26. The number of rotatable bonds is 5. The standard InChI is InChI=1S/C29H34N8O2/c1-17(2)37-16-19-13-21(36-11-9-35(4)10-12-36)6-8-23(19)33-27(37)25-22-7-5-20(14-24(22)34-28(25)38)32-29(39)26-30-15-18(3)31-26/h5-8,13-15,17,34,38H,9-12,16H2,1-4H3,(H,30,31)(H,32,39). The van der Waals surface area contributed by atoms with Crippen LogP contribution in [0.2, 0.25) is 0 Å². The second-order valence-electron chi connectivity index (χ2n) is 10.7. The van der Waals surface area contributed by atoms with Crippen molar-refractivity contribution in [2.75, 3.05) is 43.4 Å². The molecular weight excluding hydrogens is 492 g/mol. The summed E-state index contributed by atoms with van der Waals surface area (Å²) in [7, 11) is 2.17. The Morgan fingerprint density at radius 3 is 2.59 bits per heavy atom. The molecule has 4 N–H and O–H groups in total. The first-order valence-corrected chi connectivity index (χ1v) is 13.4. The largest absolute Gasteiger partial charge is 0.494 e. The molecule has 1 amide bonds. The number of hydrogen-bond donors (Lipinski definition) is 4. The number of carbonyl (C=O) groups is 1. The number of piperazine rings is 1. The van der Waals surface area contributed by atoms with E-state index < -0.39 is 0 Å². The topological polar surface area (TPSA) is 116 Å². The van der Waals surface area contributed by atoms with Gasteiger partial charge in [-0.1, -0.05) is 0 Å². The molecule has 2 aromatic carbocycles. The van der Waals surface area contributed by atoms with Crippen LogP contribution in [0.1, 0.15) is 41.3 Å². The van der Waals surface area contributed by atoms with E-state index in [4.69, 9.17) is 4.99 Å². The van der Waals surface area contributed by atoms with E-state index in [1.54, 1.807) is 6.20 Å². The van der Waals surface area contributed by atoms with Crippen LogP contribution >= 0.6 is 0 Å². The second kappa shape index (κ2) is 9.77. The molecule has 0 atom stereocenters. The zero-order valence-corrected chi connectivity index (χ0v) is 22.7. The maximum Gasteiger partial charge on any atom is 0.291 e. The number of aromatic amines is 2. The van der Waals surface area contributed by atoms with Gasteiger partial charge < -0.3 is 35.1 Å². The van der Waals surface area contributed by atoms with Crippen molar-refractivity contribution in [2.24, 2.45) is 4.99 Å². The summed E-state index contributed by atoms with van der Waals surface area (Å²) in [5, 5.41) is 14.7. The number of amidine groups is 1. The first-order chi connectivity index (χ1) is 18.8. The Bertz CT molecular complexity index is 1580. The fourth-order valence-corrected chi connectivity index (χ4v) is 5.34. The van der Waals surface area contributed by atoms with Crippen molar-refractivity contribution in [2.45, 2.75) is 33.4 Å². The van der Waals surface area contributed by atoms with Gasteiger partial charge in [-0.25, -0.2) is 9.98 Å². The monoisotopic (exact) mass is 526 g/mol. The average molecular weight is 527 g/mol. The highest BCUT2D eigenvalue weighted by molar-refractivity contribution is 6.14. The van der Waals surface area contributed by atoms with Crippen LogP contribution < -0.4 is 10.2 Å². The molecule has 0 aliphatic carbocycles. The van der Waals surface area contributed by atoms with Crippen LogP contribution in [0, 0.1) is 6.92 Å². The van der Waals surface area contributed by atoms with Crippen molar-refractivity contribution in [1.29, 1.82) is 0 Å². The molecule has 1 saturated heterocycles. The molecule has 0 saturated carbocycles. The van der Waals surface area contributed by atoms with Gasteiger partial charge in [0.2, 0.25) is 5.88 Å². The highest BCUT2D eigenvalue weighted by Gasteiger charge is 2.29. The van der Waals surface area contributed by atoms with E-state index >= 15 is 0 Å². The third kappa shape index (κ3) is 4.72. The normalized spacial score (nSPS) is 16.1. The summed E-state index contributed by atoms with van der Waals surface area (Å²) in [6, 6.07) is 12.2. The highest BCUT2D eigenvalue weighted by atomic mass is 16.3. The van der Waals surface area contributed by atoms with Crippen LogP contribution in [-0.2, 0) is 6.54 Å². The van der Waals surface area contributed by atoms with Gasteiger partial charge in [-0.15, -0.1) is 0 Å². The van der Waals surface area contributed by atoms with Crippen LogP contribution in [-0.4, -0.2) is 80.9 Å². The van der Waals surface area contributed by atoms with Crippen molar-refractivity contribution in [1.82, 2.24) is 24.8 Å². The fraction of sp³-hybridized carbons (Fsp3) is 0.345. The average Bonchev–Trinajstić information content (AvgIpc) is 3.50. The van der Waals surface area contributed by atoms with Gasteiger partial charge in [0.15, 0.2) is 5.82 Å². The van der Waals surface area contributed by atoms with E-state index in [1.807, 2.05) is 25.1 Å². The Morgan fingerprint density at radius 2 is 1.87 bits per heavy atom. The fourth-order valence-electron chi connectivity index (χ4n) is 5.34. The second-order valence-corrected chi connectivity index (χ2v) is 10.7. The van der Waals surface area contributed by atoms with Crippen LogP contribution in [0.15, 0.2) is 47.6 Å². The zero-order chi connectivity index (χ0) is 27.3. The number of aromatic nitrogens is 3. The van der Waals surface area contributed by atoms with E-state index in [0.717, 1.165) is 48.8 Å². The SMILES string of the molecule is Cc1cnc(C(=O)Nc2ccc3c(C4=Nc5ccc(N6CCN(C)CC6)cc5CN4C(C)C)c(O)[nH]c3c2)[nH]1. The van der Waals surface area contributed by atoms with Crippen molar-refractivity contribution in [3.05, 3.63) is 65.2 Å². The molecule has 0 unspecified atom stereocenters. The Hall–Kier alpha value is -4.31. The number of aryl methyl sites for hydroxylation is 1. The number of likely N-dealkylation sites (N-methyl/N-ethyl adjacent to an activating group) is 1. The van der Waals surface area contributed by atoms with Gasteiger partial charge in [0, 0.05) is 67.4 Å². The number of nitrogens with zero attached hydrogens (tertiary/aromatic N) is 5. The third-order valence-electron chi connectivity index (χ3n) is 7.57. The van der Waals surface area contributed by atoms with Gasteiger partial charge in [-0.3, -0.25) is 4.79 Å². The lowest BCUT2D eigenvalue weighted by atomic mass is 10.0. The maximum atomic E-state index is 12.6. The van der Waals surface area contributed by atoms with Gasteiger partial charge in [0.25, 0.3) is 5.91 Å². The number of H-pyrrole nitrogens is 2. The minimum atomic E-state index is -0.325. The third-order valence-corrected chi connectivity index (χ3v) is 7.57. The predicted octanol–water partition coefficient (Wildman–Crippen LogP) is 4.21. The smallest absolute Gasteiger partial charge is 0.291 e. The number of aliphatic imine (C=N–C) groups is 1. The summed E-state index contributed by atoms with van der Waals surface area (Å²) in [4.78, 5) is 34.8. The molecule has 1 fully saturated rings. The minimum absolute atomic E-state index is 0.0528. The summed E-state index contributed by atoms with van der Waals surface area (Å²) < 4.78 is 0. The van der Waals surface area contributed by atoms with Crippen LogP contribution in [0.4, 0.5) is 17.1 Å². The molecule has 4 aromatic rings. The number of anilines is 2. The van der Waals surface area contributed by atoms with Gasteiger partial charge in [-0.2, -0.15) is 0 Å². The molecule has 0 spiro atoms. The zero-order valence-electron chi connectivity index (χ0n) is 22.7. The molecule has 202 valence electrons. The van der Waals surface area contributed by atoms with E-state index in [2.05, 4.69) is 74.1 Å². The number of carbonyl (C=O) groups excluding carboxylic acids is 1. The minimum Gasteiger partial charge on any atom is -0.494 e. The lowest BCUT2D eigenvalue weighted by Crippen LogP contribution is -2.44. The first kappa shape index (κ1) is 25.0. The number of imidazole rings is 1. The van der Waals surface area contributed by atoms with Crippen molar-refractivity contribution >= 4 is 39.7 Å². The predicted molar refractivity (Wildman–Crippen MR) is 154 cm³/mol. The van der Waals surface area contributed by atoms with Gasteiger partial charge in [-0.05, 0) is 69.8 Å². The molecule has 2 aromatic heterocycles. The molecule has 10 heteroatoms. The molecule has 39 heavy (non-hydrogen) atoms. The quantitative estimate of drug-likeness (QED) is 0.310. The number of amides is 1. The van der Waals surface area contributed by atoms with E-state index in [0.29, 0.717) is 23.3 Å². The number of aromatic hydroxyl groups is 1. The van der Waals surface area contributed by atoms with Gasteiger partial charge in [0.1, 0.15) is 5.84 Å². The molecule has 0 bridgehead atoms. The Morgan fingerprint density at radius 1 is 1.08 bits per heavy atom. The lowest BCUT2D eigenvalue weighted by Gasteiger charge is -2.36. The molecule has 2 aliphatic rings. The molecule has 10 nitrogen and oxygen atoms in total. The molecular formula is C29H34N8O2. The molecule has 6 rings (SSSR count). The summed E-state index contributed by atoms with van der Waals surface area (Å²) in [6.45, 7) is 11.0. The van der Waals surface area contributed by atoms with E-state index in [9.17, 15) is 9.90 Å². The van der Waals surface area contributed by atoms with Crippen LogP contribution in [0.25, 0.3) is 10.9 Å². The molecule has 0 radical (unpaired) electrons. The maximum absolute atomic E-state index is 12.6. The highest BCUT2D eigenvalue weighted by Crippen LogP contribution is 2.37. The molecule has 2 aliphatic heterocycles. The van der Waals surface area contributed by atoms with Gasteiger partial charge >= 0.3 is 0 Å². The summed E-state index contributed by atoms with van der Waals surface area (Å²) in [5.74, 6) is 0.711. The van der Waals surface area contributed by atoms with Crippen LogP contribution in [0.5, 0.6) is 5.88 Å². The van der Waals surface area contributed by atoms with Gasteiger partial charge in [0.05, 0.1) is 16.8 Å². The lowest BCUT2D eigenvalue weighted by molar-refractivity contribution is 0.101. The van der Waals surface area contributed by atoms with E-state index in [1.165, 1.54) is 11.3 Å². The Labute approximate surface area is 227 Å². The summed E-state index contributed by atoms with van der Waals surface area (Å²) >= 11 is 0. The number of fused-ring (bicyclic) bond motifs is 2. The molecule has 4 heterocycles. The van der Waals surface area contributed by atoms with E-state index in [-0.39, 0.29) is 23.7 Å². The number of nitrogens with one attached hydrogen (secondary N) is 3. The number of benzene rings is 2. The van der Waals surface area contributed by atoms with Crippen LogP contribution in [0.3, 0.4) is 0 Å². The summed E-state index contributed by atoms with van der Waals surface area (Å²) in [6.07, 6.45) is 1.62. The van der Waals surface area contributed by atoms with Crippen molar-refractivity contribution in [3.63, 3.8) is 0 Å². The van der Waals surface area contributed by atoms with Crippen molar-refractivity contribution in [3.8, 4) is 5.88 Å². The Balaban J connectivity index is 1.33.